The molecule has 0 aromatic carbocycles. The van der Waals surface area contributed by atoms with Gasteiger partial charge in [-0.3, -0.25) is 9.69 Å². The lowest BCUT2D eigenvalue weighted by Crippen LogP contribution is -2.57. The molecule has 1 radical (unpaired) electrons. The predicted octanol–water partition coefficient (Wildman–Crippen LogP) is 3.12. The average Bonchev–Trinajstić information content (AvgIpc) is 2.70. The van der Waals surface area contributed by atoms with E-state index in [1.807, 2.05) is 4.90 Å². The van der Waals surface area contributed by atoms with Crippen LogP contribution in [0.1, 0.15) is 37.7 Å². The van der Waals surface area contributed by atoms with Crippen LogP contribution in [0.4, 0.5) is 19.0 Å². The van der Waals surface area contributed by atoms with E-state index in [9.17, 15) is 18.0 Å². The maximum Gasteiger partial charge on any atom is 0.417 e. The molecule has 163 valence electrons. The van der Waals surface area contributed by atoms with E-state index in [0.29, 0.717) is 56.4 Å². The lowest BCUT2D eigenvalue weighted by Gasteiger charge is -2.54. The molecule has 4 saturated carbocycles. The zero-order valence-electron chi connectivity index (χ0n) is 17.0. The number of carbonyl (C=O) groups excluding carboxylic acids is 1. The Morgan fingerprint density at radius 1 is 1.07 bits per heavy atom. The zero-order chi connectivity index (χ0) is 20.9. The number of amides is 1. The molecule has 2 atom stereocenters. The Hall–Kier alpha value is -1.83. The van der Waals surface area contributed by atoms with Crippen LogP contribution in [0.5, 0.6) is 0 Å². The summed E-state index contributed by atoms with van der Waals surface area (Å²) >= 11 is 0. The van der Waals surface area contributed by atoms with Crippen molar-refractivity contribution >= 4 is 11.7 Å². The third-order valence-corrected chi connectivity index (χ3v) is 7.43. The Morgan fingerprint density at radius 2 is 1.77 bits per heavy atom. The van der Waals surface area contributed by atoms with Crippen LogP contribution in [0.2, 0.25) is 0 Å². The molecule has 1 aromatic rings. The van der Waals surface area contributed by atoms with E-state index in [1.54, 1.807) is 5.92 Å². The molecule has 5 aliphatic rings. The summed E-state index contributed by atoms with van der Waals surface area (Å²) in [6.45, 7) is 3.10. The van der Waals surface area contributed by atoms with E-state index in [0.717, 1.165) is 18.2 Å². The Labute approximate surface area is 175 Å². The number of carbonyl (C=O) groups is 1. The van der Waals surface area contributed by atoms with Crippen LogP contribution in [0, 0.1) is 23.7 Å². The smallest absolute Gasteiger partial charge is 0.354 e. The van der Waals surface area contributed by atoms with E-state index in [-0.39, 0.29) is 5.91 Å². The molecule has 0 spiro atoms. The quantitative estimate of drug-likeness (QED) is 0.812. The van der Waals surface area contributed by atoms with Crippen LogP contribution in [0.15, 0.2) is 18.3 Å². The van der Waals surface area contributed by atoms with Gasteiger partial charge in [-0.25, -0.2) is 4.98 Å². The normalized spacial score (nSPS) is 31.9. The molecule has 8 heteroatoms. The van der Waals surface area contributed by atoms with Crippen molar-refractivity contribution < 1.29 is 18.0 Å². The Bertz CT molecular complexity index is 746. The Kier molecular flexibility index (Phi) is 5.16. The molecule has 1 saturated heterocycles. The van der Waals surface area contributed by atoms with Crippen molar-refractivity contribution in [1.82, 2.24) is 15.2 Å². The number of pyridine rings is 1. The molecule has 1 aliphatic heterocycles. The van der Waals surface area contributed by atoms with Crippen molar-refractivity contribution in [3.63, 3.8) is 0 Å². The fourth-order valence-electron chi connectivity index (χ4n) is 6.16. The van der Waals surface area contributed by atoms with Gasteiger partial charge in [0.1, 0.15) is 5.82 Å². The van der Waals surface area contributed by atoms with Gasteiger partial charge in [0.25, 0.3) is 0 Å². The molecular weight excluding hydrogens is 393 g/mol. The van der Waals surface area contributed by atoms with E-state index >= 15 is 0 Å². The summed E-state index contributed by atoms with van der Waals surface area (Å²) in [6, 6.07) is 2.84. The number of anilines is 1. The minimum Gasteiger partial charge on any atom is -0.354 e. The number of hydrogen-bond acceptors (Lipinski definition) is 4. The van der Waals surface area contributed by atoms with Crippen LogP contribution in [-0.4, -0.2) is 54.6 Å². The fourth-order valence-corrected chi connectivity index (χ4v) is 6.16. The van der Waals surface area contributed by atoms with E-state index < -0.39 is 11.7 Å². The van der Waals surface area contributed by atoms with Crippen LogP contribution < -0.4 is 10.2 Å². The molecule has 4 bridgehead atoms. The number of piperazine rings is 1. The summed E-state index contributed by atoms with van der Waals surface area (Å²) in [4.78, 5) is 20.8. The molecule has 5 fully saturated rings. The third kappa shape index (κ3) is 4.03. The molecule has 1 aromatic heterocycles. The summed E-state index contributed by atoms with van der Waals surface area (Å²) in [7, 11) is 0. The second-order valence-electron chi connectivity index (χ2n) is 9.48. The van der Waals surface area contributed by atoms with E-state index in [4.69, 9.17) is 0 Å². The van der Waals surface area contributed by atoms with Crippen LogP contribution in [0.25, 0.3) is 0 Å². The minimum absolute atomic E-state index is 0.110. The van der Waals surface area contributed by atoms with Gasteiger partial charge in [-0.1, -0.05) is 0 Å². The highest BCUT2D eigenvalue weighted by Crippen LogP contribution is 2.54. The van der Waals surface area contributed by atoms with Crippen molar-refractivity contribution in [2.45, 2.75) is 44.3 Å². The van der Waals surface area contributed by atoms with Crippen molar-refractivity contribution in [2.75, 3.05) is 37.6 Å². The largest absolute Gasteiger partial charge is 0.417 e. The van der Waals surface area contributed by atoms with E-state index in [1.165, 1.54) is 38.2 Å². The highest BCUT2D eigenvalue weighted by atomic mass is 19.4. The van der Waals surface area contributed by atoms with Crippen molar-refractivity contribution in [3.05, 3.63) is 29.8 Å². The molecule has 5 nitrogen and oxygen atoms in total. The first kappa shape index (κ1) is 20.1. The summed E-state index contributed by atoms with van der Waals surface area (Å²) in [5, 5.41) is 3.35. The number of hydrogen-bond donors (Lipinski definition) is 1. The van der Waals surface area contributed by atoms with Crippen LogP contribution >= 0.6 is 0 Å². The number of nitrogens with one attached hydrogen (secondary N) is 1. The monoisotopic (exact) mass is 421 g/mol. The maximum absolute atomic E-state index is 12.7. The molecule has 1 amide bonds. The van der Waals surface area contributed by atoms with Gasteiger partial charge in [-0.05, 0) is 67.9 Å². The topological polar surface area (TPSA) is 48.5 Å². The SMILES string of the molecule is O=C(CN1CCN(c2ccc(C(F)(F)F)cn2)CC1)NC1C2C[C]3CC(C2)CC1C3. The van der Waals surface area contributed by atoms with Gasteiger partial charge in [-0.2, -0.15) is 13.2 Å². The lowest BCUT2D eigenvalue weighted by atomic mass is 9.54. The van der Waals surface area contributed by atoms with Gasteiger partial charge >= 0.3 is 6.18 Å². The third-order valence-electron chi connectivity index (χ3n) is 7.43. The summed E-state index contributed by atoms with van der Waals surface area (Å²) < 4.78 is 38.1. The fraction of sp³-hybridized carbons (Fsp3) is 0.682. The average molecular weight is 421 g/mol. The predicted molar refractivity (Wildman–Crippen MR) is 107 cm³/mol. The van der Waals surface area contributed by atoms with Gasteiger partial charge in [0.15, 0.2) is 0 Å². The van der Waals surface area contributed by atoms with Crippen LogP contribution in [0.3, 0.4) is 0 Å². The standard InChI is InChI=1S/C22H28F3N4O/c23-22(24,25)18-1-2-19(26-12-18)29-5-3-28(4-6-29)13-20(30)27-21-16-8-14-7-15(10-16)11-17(21)9-14/h1-2,12,14,16-17,21H,3-11,13H2,(H,27,30). The first-order valence-electron chi connectivity index (χ1n) is 11.0. The number of halogens is 3. The number of nitrogens with zero attached hydrogens (tertiary/aromatic N) is 3. The van der Waals surface area contributed by atoms with Crippen LogP contribution in [-0.2, 0) is 11.0 Å². The van der Waals surface area contributed by atoms with Gasteiger partial charge < -0.3 is 10.2 Å². The van der Waals surface area contributed by atoms with Gasteiger partial charge in [-0.15, -0.1) is 0 Å². The first-order valence-corrected chi connectivity index (χ1v) is 11.0. The number of alkyl halides is 3. The molecule has 4 aliphatic carbocycles. The van der Waals surface area contributed by atoms with Gasteiger partial charge in [0, 0.05) is 38.4 Å². The highest BCUT2D eigenvalue weighted by molar-refractivity contribution is 5.78. The van der Waals surface area contributed by atoms with Crippen molar-refractivity contribution in [1.29, 1.82) is 0 Å². The van der Waals surface area contributed by atoms with E-state index in [2.05, 4.69) is 15.2 Å². The molecule has 2 unspecified atom stereocenters. The summed E-state index contributed by atoms with van der Waals surface area (Å²) in [5.41, 5.74) is -0.732. The molecule has 6 rings (SSSR count). The molecule has 30 heavy (non-hydrogen) atoms. The minimum atomic E-state index is -4.37. The molecular formula is C22H28F3N4O. The lowest BCUT2D eigenvalue weighted by molar-refractivity contribution is -0.137. The Balaban J connectivity index is 1.10. The van der Waals surface area contributed by atoms with Crippen molar-refractivity contribution in [3.8, 4) is 0 Å². The molecule has 2 heterocycles. The summed E-state index contributed by atoms with van der Waals surface area (Å²) in [5.74, 6) is 4.52. The van der Waals surface area contributed by atoms with Crippen molar-refractivity contribution in [2.24, 2.45) is 17.8 Å². The zero-order valence-corrected chi connectivity index (χ0v) is 17.0. The highest BCUT2D eigenvalue weighted by Gasteiger charge is 2.48. The second-order valence-corrected chi connectivity index (χ2v) is 9.48. The Morgan fingerprint density at radius 3 is 2.33 bits per heavy atom. The molecule has 1 N–H and O–H groups in total. The van der Waals surface area contributed by atoms with Gasteiger partial charge in [0.2, 0.25) is 5.91 Å². The maximum atomic E-state index is 12.7. The first-order chi connectivity index (χ1) is 14.3. The number of aromatic nitrogens is 1. The van der Waals surface area contributed by atoms with Gasteiger partial charge in [0.05, 0.1) is 12.1 Å². The second kappa shape index (κ2) is 7.70. The number of rotatable bonds is 4. The summed E-state index contributed by atoms with van der Waals surface area (Å²) in [6.07, 6.45) is 2.79.